The highest BCUT2D eigenvalue weighted by atomic mass is 127. The maximum absolute atomic E-state index is 12.1. The molecule has 2 N–H and O–H groups in total. The predicted octanol–water partition coefficient (Wildman–Crippen LogP) is 1.52. The van der Waals surface area contributed by atoms with Crippen LogP contribution in [0.3, 0.4) is 0 Å². The van der Waals surface area contributed by atoms with E-state index in [0.717, 1.165) is 0 Å². The zero-order valence-electron chi connectivity index (χ0n) is 15.0. The molecule has 1 rings (SSSR count). The molecule has 25 heavy (non-hydrogen) atoms. The molecule has 0 amide bonds. The maximum atomic E-state index is 12.1. The maximum Gasteiger partial charge on any atom is 0.333 e. The number of aliphatic hydroxyl groups is 2. The van der Waals surface area contributed by atoms with Crippen molar-refractivity contribution in [1.82, 2.24) is 0 Å². The summed E-state index contributed by atoms with van der Waals surface area (Å²) in [7, 11) is 0. The number of esters is 2. The Morgan fingerprint density at radius 3 is 2.52 bits per heavy atom. The summed E-state index contributed by atoms with van der Waals surface area (Å²) in [4.78, 5) is 23.6. The summed E-state index contributed by atoms with van der Waals surface area (Å²) in [5, 5.41) is 20.4. The van der Waals surface area contributed by atoms with Crippen LogP contribution in [0.25, 0.3) is 0 Å². The van der Waals surface area contributed by atoms with Crippen LogP contribution in [-0.4, -0.2) is 63.2 Å². The highest BCUT2D eigenvalue weighted by molar-refractivity contribution is 14.1. The summed E-state index contributed by atoms with van der Waals surface area (Å²) in [5.74, 6) is -0.923. The number of rotatable bonds is 8. The Balaban J connectivity index is 2.67. The van der Waals surface area contributed by atoms with E-state index in [4.69, 9.17) is 14.2 Å². The van der Waals surface area contributed by atoms with Crippen molar-refractivity contribution in [2.45, 2.75) is 68.4 Å². The smallest absolute Gasteiger partial charge is 0.333 e. The molecule has 8 heteroatoms. The van der Waals surface area contributed by atoms with Gasteiger partial charge in [0, 0.05) is 18.4 Å². The predicted molar refractivity (Wildman–Crippen MR) is 99.4 cm³/mol. The van der Waals surface area contributed by atoms with Crippen LogP contribution in [0.2, 0.25) is 0 Å². The van der Waals surface area contributed by atoms with E-state index in [1.54, 1.807) is 27.7 Å². The number of ether oxygens (including phenoxy) is 3. The molecule has 0 aromatic rings. The van der Waals surface area contributed by atoms with Crippen molar-refractivity contribution >= 4 is 34.5 Å². The minimum Gasteiger partial charge on any atom is -0.465 e. The first kappa shape index (κ1) is 22.3. The van der Waals surface area contributed by atoms with E-state index in [1.165, 1.54) is 6.08 Å². The number of hydrogen-bond donors (Lipinski definition) is 2. The number of alkyl halides is 1. The van der Waals surface area contributed by atoms with Crippen molar-refractivity contribution in [3.05, 3.63) is 11.6 Å². The second kappa shape index (κ2) is 9.84. The van der Waals surface area contributed by atoms with Crippen molar-refractivity contribution in [3.8, 4) is 0 Å². The van der Waals surface area contributed by atoms with Gasteiger partial charge in [0.05, 0.1) is 31.5 Å². The average Bonchev–Trinajstić information content (AvgIpc) is 2.88. The summed E-state index contributed by atoms with van der Waals surface area (Å²) >= 11 is 1.93. The Labute approximate surface area is 161 Å². The topological polar surface area (TPSA) is 102 Å². The largest absolute Gasteiger partial charge is 0.465 e. The van der Waals surface area contributed by atoms with E-state index in [0.29, 0.717) is 12.0 Å². The SMILES string of the molecule is CCOC(=O)/C(C)=C/[C@H](O)C[C@H]1C[C@@H](O)[C@H]([C@@](C)(I)C(=O)OCC)O1. The van der Waals surface area contributed by atoms with Crippen LogP contribution in [-0.2, 0) is 23.8 Å². The number of carbonyl (C=O) groups is 2. The summed E-state index contributed by atoms with van der Waals surface area (Å²) < 4.78 is 14.7. The van der Waals surface area contributed by atoms with Crippen LogP contribution >= 0.6 is 22.6 Å². The number of aliphatic hydroxyl groups excluding tert-OH is 2. The molecule has 5 atom stereocenters. The third-order valence-corrected chi connectivity index (χ3v) is 5.00. The van der Waals surface area contributed by atoms with Crippen LogP contribution in [0.5, 0.6) is 0 Å². The molecule has 144 valence electrons. The quantitative estimate of drug-likeness (QED) is 0.240. The second-order valence-corrected chi connectivity index (χ2v) is 8.39. The first-order valence-electron chi connectivity index (χ1n) is 8.36. The van der Waals surface area contributed by atoms with Gasteiger partial charge in [-0.05, 0) is 33.8 Å². The molecule has 0 spiro atoms. The van der Waals surface area contributed by atoms with Gasteiger partial charge in [0.1, 0.15) is 9.53 Å². The number of carbonyl (C=O) groups excluding carboxylic acids is 2. The van der Waals surface area contributed by atoms with Crippen LogP contribution in [0.1, 0.15) is 40.5 Å². The van der Waals surface area contributed by atoms with Crippen molar-refractivity contribution in [2.75, 3.05) is 13.2 Å². The molecule has 0 aromatic carbocycles. The molecule has 1 aliphatic heterocycles. The van der Waals surface area contributed by atoms with Gasteiger partial charge in [0.25, 0.3) is 0 Å². The Morgan fingerprint density at radius 2 is 1.96 bits per heavy atom. The monoisotopic (exact) mass is 470 g/mol. The molecule has 0 bridgehead atoms. The number of hydrogen-bond acceptors (Lipinski definition) is 7. The zero-order valence-corrected chi connectivity index (χ0v) is 17.2. The third kappa shape index (κ3) is 6.19. The van der Waals surface area contributed by atoms with Crippen molar-refractivity contribution in [3.63, 3.8) is 0 Å². The van der Waals surface area contributed by atoms with Crippen LogP contribution in [0, 0.1) is 0 Å². The molecular weight excluding hydrogens is 443 g/mol. The Hall–Kier alpha value is -0.710. The zero-order chi connectivity index (χ0) is 19.2. The fourth-order valence-electron chi connectivity index (χ4n) is 2.71. The lowest BCUT2D eigenvalue weighted by Crippen LogP contribution is -2.47. The van der Waals surface area contributed by atoms with Crippen molar-refractivity contribution in [2.24, 2.45) is 0 Å². The molecule has 7 nitrogen and oxygen atoms in total. The van der Waals surface area contributed by atoms with Gasteiger partial charge >= 0.3 is 11.9 Å². The molecule has 0 radical (unpaired) electrons. The first-order chi connectivity index (χ1) is 11.6. The molecular formula is C17H27IO7. The lowest BCUT2D eigenvalue weighted by molar-refractivity contribution is -0.150. The van der Waals surface area contributed by atoms with E-state index in [2.05, 4.69) is 0 Å². The van der Waals surface area contributed by atoms with Gasteiger partial charge in [-0.25, -0.2) is 4.79 Å². The van der Waals surface area contributed by atoms with Gasteiger partial charge in [-0.1, -0.05) is 22.6 Å². The van der Waals surface area contributed by atoms with E-state index in [-0.39, 0.29) is 19.6 Å². The van der Waals surface area contributed by atoms with Crippen LogP contribution in [0.15, 0.2) is 11.6 Å². The lowest BCUT2D eigenvalue weighted by atomic mass is 9.98. The fraction of sp³-hybridized carbons (Fsp3) is 0.765. The van der Waals surface area contributed by atoms with Gasteiger partial charge < -0.3 is 24.4 Å². The van der Waals surface area contributed by atoms with E-state index < -0.39 is 39.8 Å². The summed E-state index contributed by atoms with van der Waals surface area (Å²) in [5.41, 5.74) is 0.315. The van der Waals surface area contributed by atoms with Gasteiger partial charge in [-0.3, -0.25) is 4.79 Å². The van der Waals surface area contributed by atoms with Crippen molar-refractivity contribution < 1.29 is 34.0 Å². The second-order valence-electron chi connectivity index (χ2n) is 6.15. The molecule has 1 heterocycles. The normalized spacial score (nSPS) is 27.5. The minimum absolute atomic E-state index is 0.208. The fourth-order valence-corrected chi connectivity index (χ4v) is 3.43. The number of halogens is 1. The molecule has 1 fully saturated rings. The summed E-state index contributed by atoms with van der Waals surface area (Å²) in [6.07, 6.45) is -0.979. The van der Waals surface area contributed by atoms with Crippen molar-refractivity contribution in [1.29, 1.82) is 0 Å². The lowest BCUT2D eigenvalue weighted by Gasteiger charge is -2.29. The highest BCUT2D eigenvalue weighted by Gasteiger charge is 2.50. The minimum atomic E-state index is -1.02. The molecule has 1 saturated heterocycles. The first-order valence-corrected chi connectivity index (χ1v) is 9.44. The van der Waals surface area contributed by atoms with Gasteiger partial charge in [-0.15, -0.1) is 0 Å². The van der Waals surface area contributed by atoms with Gasteiger partial charge in [0.15, 0.2) is 0 Å². The highest BCUT2D eigenvalue weighted by Crippen LogP contribution is 2.37. The molecule has 0 aliphatic carbocycles. The van der Waals surface area contributed by atoms with Gasteiger partial charge in [-0.2, -0.15) is 0 Å². The molecule has 1 aliphatic rings. The Morgan fingerprint density at radius 1 is 1.36 bits per heavy atom. The summed E-state index contributed by atoms with van der Waals surface area (Å²) in [6.45, 7) is 7.16. The van der Waals surface area contributed by atoms with E-state index >= 15 is 0 Å². The molecule has 0 saturated carbocycles. The Bertz CT molecular complexity index is 503. The summed E-state index contributed by atoms with van der Waals surface area (Å²) in [6, 6.07) is 0. The van der Waals surface area contributed by atoms with Crippen LogP contribution < -0.4 is 0 Å². The van der Waals surface area contributed by atoms with Crippen LogP contribution in [0.4, 0.5) is 0 Å². The van der Waals surface area contributed by atoms with E-state index in [1.807, 2.05) is 22.6 Å². The standard InChI is InChI=1S/C17H27IO7/c1-5-23-15(21)10(3)7-11(19)8-12-9-13(20)14(25-12)17(4,18)16(22)24-6-2/h7,11-14,19-20H,5-6,8-9H2,1-4H3/b10-7+/t11-,12-,13+,14+,17+/m0/s1. The van der Waals surface area contributed by atoms with E-state index in [9.17, 15) is 19.8 Å². The third-order valence-electron chi connectivity index (χ3n) is 3.95. The average molecular weight is 470 g/mol. The molecule has 0 aromatic heterocycles. The molecule has 0 unspecified atom stereocenters. The van der Waals surface area contributed by atoms with Gasteiger partial charge in [0.2, 0.25) is 0 Å². The Kier molecular flexibility index (Phi) is 8.79.